The van der Waals surface area contributed by atoms with E-state index in [0.717, 1.165) is 13.1 Å². The van der Waals surface area contributed by atoms with Crippen molar-refractivity contribution in [2.45, 2.75) is 25.8 Å². The second-order valence-corrected chi connectivity index (χ2v) is 4.31. The van der Waals surface area contributed by atoms with Gasteiger partial charge < -0.3 is 15.5 Å². The summed E-state index contributed by atoms with van der Waals surface area (Å²) in [5.41, 5.74) is 0.128. The minimum Gasteiger partial charge on any atom is -0.359 e. The Hall–Kier alpha value is -0.610. The smallest absolute Gasteiger partial charge is 0.221 e. The molecule has 0 saturated carbocycles. The van der Waals surface area contributed by atoms with Gasteiger partial charge in [-0.1, -0.05) is 0 Å². The predicted molar refractivity (Wildman–Crippen MR) is 59.3 cm³/mol. The molecule has 0 aromatic rings. The third-order valence-corrected chi connectivity index (χ3v) is 2.58. The molecular weight excluding hydrogens is 178 g/mol. The Labute approximate surface area is 87.0 Å². The number of hydrogen-bond donors (Lipinski definition) is 2. The SMILES string of the molecule is CNC(=O)CCNCC(C)(C)N(C)C. The number of nitrogens with one attached hydrogen (secondary N) is 2. The van der Waals surface area contributed by atoms with E-state index < -0.39 is 0 Å². The lowest BCUT2D eigenvalue weighted by Crippen LogP contribution is -2.47. The molecule has 0 heterocycles. The molecule has 0 saturated heterocycles. The van der Waals surface area contributed by atoms with Gasteiger partial charge in [0, 0.05) is 32.1 Å². The van der Waals surface area contributed by atoms with Crippen LogP contribution in [0.1, 0.15) is 20.3 Å². The van der Waals surface area contributed by atoms with Crippen LogP contribution in [0.4, 0.5) is 0 Å². The molecule has 0 bridgehead atoms. The Morgan fingerprint density at radius 2 is 1.93 bits per heavy atom. The Morgan fingerprint density at radius 1 is 1.36 bits per heavy atom. The summed E-state index contributed by atoms with van der Waals surface area (Å²) in [7, 11) is 5.77. The first kappa shape index (κ1) is 13.4. The minimum atomic E-state index is 0.0835. The van der Waals surface area contributed by atoms with Gasteiger partial charge in [-0.05, 0) is 27.9 Å². The fourth-order valence-corrected chi connectivity index (χ4v) is 0.879. The fourth-order valence-electron chi connectivity index (χ4n) is 0.879. The maximum Gasteiger partial charge on any atom is 0.221 e. The highest BCUT2D eigenvalue weighted by Gasteiger charge is 2.19. The first-order chi connectivity index (χ1) is 6.40. The van der Waals surface area contributed by atoms with E-state index in [2.05, 4.69) is 43.5 Å². The van der Waals surface area contributed by atoms with Gasteiger partial charge in [0.25, 0.3) is 0 Å². The summed E-state index contributed by atoms with van der Waals surface area (Å²) >= 11 is 0. The van der Waals surface area contributed by atoms with E-state index in [0.29, 0.717) is 6.42 Å². The maximum absolute atomic E-state index is 10.9. The lowest BCUT2D eigenvalue weighted by Gasteiger charge is -2.32. The van der Waals surface area contributed by atoms with Gasteiger partial charge in [-0.3, -0.25) is 4.79 Å². The zero-order valence-corrected chi connectivity index (χ0v) is 9.98. The van der Waals surface area contributed by atoms with Crippen molar-refractivity contribution < 1.29 is 4.79 Å². The highest BCUT2D eigenvalue weighted by Crippen LogP contribution is 2.07. The van der Waals surface area contributed by atoms with Gasteiger partial charge in [0.15, 0.2) is 0 Å². The molecule has 0 unspecified atom stereocenters. The van der Waals surface area contributed by atoms with E-state index in [9.17, 15) is 4.79 Å². The van der Waals surface area contributed by atoms with Crippen molar-refractivity contribution in [3.05, 3.63) is 0 Å². The van der Waals surface area contributed by atoms with Gasteiger partial charge in [0.05, 0.1) is 0 Å². The molecule has 0 fully saturated rings. The number of carbonyl (C=O) groups excluding carboxylic acids is 1. The zero-order chi connectivity index (χ0) is 11.2. The molecule has 14 heavy (non-hydrogen) atoms. The zero-order valence-electron chi connectivity index (χ0n) is 9.98. The molecule has 1 amide bonds. The Bertz CT molecular complexity index is 178. The van der Waals surface area contributed by atoms with Crippen molar-refractivity contribution in [1.29, 1.82) is 0 Å². The van der Waals surface area contributed by atoms with E-state index >= 15 is 0 Å². The van der Waals surface area contributed by atoms with Crippen LogP contribution in [0.25, 0.3) is 0 Å². The third kappa shape index (κ3) is 5.19. The van der Waals surface area contributed by atoms with Crippen LogP contribution in [0.3, 0.4) is 0 Å². The number of amides is 1. The van der Waals surface area contributed by atoms with Gasteiger partial charge >= 0.3 is 0 Å². The number of likely N-dealkylation sites (N-methyl/N-ethyl adjacent to an activating group) is 1. The molecule has 0 aromatic carbocycles. The molecule has 4 nitrogen and oxygen atoms in total. The van der Waals surface area contributed by atoms with Gasteiger partial charge in [-0.25, -0.2) is 0 Å². The molecule has 0 atom stereocenters. The van der Waals surface area contributed by atoms with Crippen LogP contribution < -0.4 is 10.6 Å². The summed E-state index contributed by atoms with van der Waals surface area (Å²) in [5.74, 6) is 0.0835. The van der Waals surface area contributed by atoms with E-state index in [1.165, 1.54) is 0 Å². The van der Waals surface area contributed by atoms with E-state index in [4.69, 9.17) is 0 Å². The second kappa shape index (κ2) is 5.98. The average molecular weight is 201 g/mol. The van der Waals surface area contributed by atoms with Gasteiger partial charge in [0.1, 0.15) is 0 Å². The van der Waals surface area contributed by atoms with Crippen molar-refractivity contribution in [2.24, 2.45) is 0 Å². The number of carbonyl (C=O) groups is 1. The molecule has 0 spiro atoms. The van der Waals surface area contributed by atoms with Crippen LogP contribution in [0, 0.1) is 0 Å². The van der Waals surface area contributed by atoms with Gasteiger partial charge in [0.2, 0.25) is 5.91 Å². The quantitative estimate of drug-likeness (QED) is 0.597. The summed E-state index contributed by atoms with van der Waals surface area (Å²) in [4.78, 5) is 13.1. The highest BCUT2D eigenvalue weighted by atomic mass is 16.1. The summed E-state index contributed by atoms with van der Waals surface area (Å²) in [6, 6.07) is 0. The molecule has 84 valence electrons. The molecular formula is C10H23N3O. The molecule has 0 aliphatic rings. The monoisotopic (exact) mass is 201 g/mol. The van der Waals surface area contributed by atoms with Crippen LogP contribution in [0.2, 0.25) is 0 Å². The predicted octanol–water partition coefficient (Wildman–Crippen LogP) is 0.0523. The molecule has 0 rings (SSSR count). The van der Waals surface area contributed by atoms with Crippen molar-refractivity contribution in [3.63, 3.8) is 0 Å². The van der Waals surface area contributed by atoms with Crippen molar-refractivity contribution in [2.75, 3.05) is 34.2 Å². The molecule has 0 aliphatic heterocycles. The van der Waals surface area contributed by atoms with E-state index in [1.54, 1.807) is 7.05 Å². The number of rotatable bonds is 6. The fraction of sp³-hybridized carbons (Fsp3) is 0.900. The highest BCUT2D eigenvalue weighted by molar-refractivity contribution is 5.75. The third-order valence-electron chi connectivity index (χ3n) is 2.58. The Balaban J connectivity index is 3.59. The van der Waals surface area contributed by atoms with Crippen LogP contribution >= 0.6 is 0 Å². The standard InChI is InChI=1S/C10H23N3O/c1-10(2,13(4)5)8-12-7-6-9(14)11-3/h12H,6-8H2,1-5H3,(H,11,14). The lowest BCUT2D eigenvalue weighted by molar-refractivity contribution is -0.120. The molecule has 2 N–H and O–H groups in total. The van der Waals surface area contributed by atoms with Gasteiger partial charge in [-0.2, -0.15) is 0 Å². The average Bonchev–Trinajstić information content (AvgIpc) is 2.11. The van der Waals surface area contributed by atoms with Crippen molar-refractivity contribution >= 4 is 5.91 Å². The summed E-state index contributed by atoms with van der Waals surface area (Å²) < 4.78 is 0. The van der Waals surface area contributed by atoms with Gasteiger partial charge in [-0.15, -0.1) is 0 Å². The molecule has 0 radical (unpaired) electrons. The number of nitrogens with zero attached hydrogens (tertiary/aromatic N) is 1. The summed E-state index contributed by atoms with van der Waals surface area (Å²) in [6.45, 7) is 5.95. The summed E-state index contributed by atoms with van der Waals surface area (Å²) in [5, 5.41) is 5.87. The molecule has 4 heteroatoms. The van der Waals surface area contributed by atoms with Crippen molar-refractivity contribution in [1.82, 2.24) is 15.5 Å². The van der Waals surface area contributed by atoms with E-state index in [1.807, 2.05) is 0 Å². The van der Waals surface area contributed by atoms with Crippen LogP contribution in [0.5, 0.6) is 0 Å². The van der Waals surface area contributed by atoms with E-state index in [-0.39, 0.29) is 11.4 Å². The molecule has 0 aromatic heterocycles. The topological polar surface area (TPSA) is 44.4 Å². The first-order valence-electron chi connectivity index (χ1n) is 4.99. The van der Waals surface area contributed by atoms with Crippen molar-refractivity contribution in [3.8, 4) is 0 Å². The minimum absolute atomic E-state index is 0.0835. The Morgan fingerprint density at radius 3 is 2.36 bits per heavy atom. The second-order valence-electron chi connectivity index (χ2n) is 4.31. The Kier molecular flexibility index (Phi) is 5.72. The molecule has 0 aliphatic carbocycles. The number of hydrogen-bond acceptors (Lipinski definition) is 3. The van der Waals surface area contributed by atoms with Crippen LogP contribution in [0.15, 0.2) is 0 Å². The lowest BCUT2D eigenvalue weighted by atomic mass is 10.0. The normalized spacial score (nSPS) is 11.9. The van der Waals surface area contributed by atoms with Crippen LogP contribution in [-0.4, -0.2) is 50.6 Å². The van der Waals surface area contributed by atoms with Crippen LogP contribution in [-0.2, 0) is 4.79 Å². The summed E-state index contributed by atoms with van der Waals surface area (Å²) in [6.07, 6.45) is 0.542. The maximum atomic E-state index is 10.9. The largest absolute Gasteiger partial charge is 0.359 e. The first-order valence-corrected chi connectivity index (χ1v) is 4.99.